The van der Waals surface area contributed by atoms with Gasteiger partial charge < -0.3 is 25.0 Å². The first-order chi connectivity index (χ1) is 14.4. The Morgan fingerprint density at radius 2 is 1.90 bits per heavy atom. The minimum atomic E-state index is -2.31. The van der Waals surface area contributed by atoms with E-state index in [0.29, 0.717) is 19.6 Å². The number of hydrogen-bond donors (Lipinski definition) is 1. The van der Waals surface area contributed by atoms with E-state index in [2.05, 4.69) is 28.7 Å². The summed E-state index contributed by atoms with van der Waals surface area (Å²) in [6, 6.07) is 5.64. The van der Waals surface area contributed by atoms with E-state index in [0.717, 1.165) is 24.7 Å². The van der Waals surface area contributed by atoms with Crippen LogP contribution in [0.5, 0.6) is 0 Å². The Balaban J connectivity index is 2.10. The number of nitrogens with zero attached hydrogens (tertiary/aromatic N) is 6. The fourth-order valence-corrected chi connectivity index (χ4v) is 3.87. The zero-order valence-corrected chi connectivity index (χ0v) is 19.4. The van der Waals surface area contributed by atoms with Gasteiger partial charge in [0, 0.05) is 19.3 Å². The summed E-state index contributed by atoms with van der Waals surface area (Å²) < 4.78 is 1.21. The number of nitro groups is 2. The summed E-state index contributed by atoms with van der Waals surface area (Å²) in [5, 5.41) is 22.0. The van der Waals surface area contributed by atoms with Gasteiger partial charge in [-0.15, -0.1) is 0 Å². The molecule has 0 fully saturated rings. The molecule has 2 aromatic rings. The van der Waals surface area contributed by atoms with Crippen molar-refractivity contribution in [2.24, 2.45) is 0 Å². The van der Waals surface area contributed by atoms with Crippen molar-refractivity contribution in [3.05, 3.63) is 56.5 Å². The van der Waals surface area contributed by atoms with Crippen LogP contribution in [-0.4, -0.2) is 55.5 Å². The molecule has 2 aromatic heterocycles. The summed E-state index contributed by atoms with van der Waals surface area (Å²) in [5.41, 5.74) is 0.865. The molecular formula is C19H30N6O5Si. The molecule has 0 aliphatic carbocycles. The smallest absolute Gasteiger partial charge is 0.432 e. The molecule has 0 unspecified atom stereocenters. The third-order valence-corrected chi connectivity index (χ3v) is 9.36. The van der Waals surface area contributed by atoms with Gasteiger partial charge in [0.15, 0.2) is 14.5 Å². The molecule has 0 atom stereocenters. The standard InChI is InChI=1S/C19H30N6O5Si/c1-19(2,31(3,4)30)9-7-11-22(14-16-8-5-6-10-20-16)12-13-23-15-17(24(26)27)21-18(23)25(28)29/h5-6,8,10,15,30H,7,9,11-14H2,1-4H3. The topological polar surface area (TPSA) is 140 Å². The van der Waals surface area contributed by atoms with Crippen molar-refractivity contribution in [2.75, 3.05) is 13.1 Å². The molecule has 1 N–H and O–H groups in total. The molecular weight excluding hydrogens is 420 g/mol. The molecule has 0 bridgehead atoms. The number of pyridine rings is 1. The zero-order chi connectivity index (χ0) is 23.2. The largest absolute Gasteiger partial charge is 0.439 e. The quantitative estimate of drug-likeness (QED) is 0.295. The van der Waals surface area contributed by atoms with Crippen LogP contribution in [-0.2, 0) is 13.1 Å². The van der Waals surface area contributed by atoms with Crippen LogP contribution in [0.2, 0.25) is 18.1 Å². The third-order valence-electron chi connectivity index (χ3n) is 5.79. The molecule has 0 saturated heterocycles. The molecule has 12 heteroatoms. The lowest BCUT2D eigenvalue weighted by Crippen LogP contribution is -2.39. The van der Waals surface area contributed by atoms with Gasteiger partial charge in [0.1, 0.15) is 0 Å². The molecule has 31 heavy (non-hydrogen) atoms. The van der Waals surface area contributed by atoms with Crippen LogP contribution in [0.25, 0.3) is 0 Å². The Bertz CT molecular complexity index is 897. The molecule has 0 aromatic carbocycles. The first-order valence-corrected chi connectivity index (χ1v) is 13.1. The van der Waals surface area contributed by atoms with Gasteiger partial charge >= 0.3 is 11.8 Å². The Labute approximate surface area is 182 Å². The van der Waals surface area contributed by atoms with E-state index < -0.39 is 29.9 Å². The van der Waals surface area contributed by atoms with Crippen LogP contribution < -0.4 is 0 Å². The summed E-state index contributed by atoms with van der Waals surface area (Å²) >= 11 is 0. The van der Waals surface area contributed by atoms with Crippen molar-refractivity contribution in [3.8, 4) is 0 Å². The van der Waals surface area contributed by atoms with Gasteiger partial charge in [-0.3, -0.25) is 9.88 Å². The van der Waals surface area contributed by atoms with Crippen molar-refractivity contribution >= 4 is 20.1 Å². The monoisotopic (exact) mass is 450 g/mol. The second-order valence-electron chi connectivity index (χ2n) is 8.75. The lowest BCUT2D eigenvalue weighted by Gasteiger charge is -2.35. The van der Waals surface area contributed by atoms with Gasteiger partial charge in [-0.1, -0.05) is 19.9 Å². The second-order valence-corrected chi connectivity index (χ2v) is 13.2. The fraction of sp³-hybridized carbons (Fsp3) is 0.579. The van der Waals surface area contributed by atoms with Gasteiger partial charge in [0.2, 0.25) is 0 Å². The van der Waals surface area contributed by atoms with E-state index in [1.807, 2.05) is 31.3 Å². The van der Waals surface area contributed by atoms with Gasteiger partial charge in [-0.05, 0) is 64.5 Å². The molecule has 170 valence electrons. The maximum Gasteiger partial charge on any atom is 0.439 e. The Morgan fingerprint density at radius 3 is 2.45 bits per heavy atom. The first kappa shape index (κ1) is 24.6. The summed E-state index contributed by atoms with van der Waals surface area (Å²) in [5.74, 6) is -1.08. The molecule has 0 spiro atoms. The molecule has 0 aliphatic rings. The third kappa shape index (κ3) is 6.91. The summed E-state index contributed by atoms with van der Waals surface area (Å²) in [7, 11) is -2.31. The van der Waals surface area contributed by atoms with Crippen molar-refractivity contribution in [3.63, 3.8) is 0 Å². The van der Waals surface area contributed by atoms with Crippen LogP contribution in [0.15, 0.2) is 30.6 Å². The number of imidazole rings is 1. The van der Waals surface area contributed by atoms with Crippen LogP contribution in [0.3, 0.4) is 0 Å². The van der Waals surface area contributed by atoms with E-state index >= 15 is 0 Å². The second kappa shape index (κ2) is 10.1. The van der Waals surface area contributed by atoms with E-state index in [9.17, 15) is 25.0 Å². The molecule has 0 amide bonds. The van der Waals surface area contributed by atoms with Crippen LogP contribution >= 0.6 is 0 Å². The number of hydrogen-bond acceptors (Lipinski definition) is 8. The zero-order valence-electron chi connectivity index (χ0n) is 18.4. The van der Waals surface area contributed by atoms with Crippen molar-refractivity contribution < 1.29 is 14.6 Å². The predicted molar refractivity (Wildman–Crippen MR) is 118 cm³/mol. The summed E-state index contributed by atoms with van der Waals surface area (Å²) in [6.45, 7) is 9.90. The SMILES string of the molecule is CC(C)(CCCN(CCn1cc([N+](=O)[O-])nc1[N+](=O)[O-])Cc1ccccn1)[Si](C)(C)O. The Morgan fingerprint density at radius 1 is 1.19 bits per heavy atom. The molecule has 0 aliphatic heterocycles. The van der Waals surface area contributed by atoms with E-state index in [1.165, 1.54) is 4.57 Å². The normalized spacial score (nSPS) is 12.3. The highest BCUT2D eigenvalue weighted by Crippen LogP contribution is 2.39. The Kier molecular flexibility index (Phi) is 7.98. The minimum absolute atomic E-state index is 0.145. The Hall–Kier alpha value is -2.70. The van der Waals surface area contributed by atoms with Crippen LogP contribution in [0.4, 0.5) is 11.8 Å². The van der Waals surface area contributed by atoms with Crippen LogP contribution in [0.1, 0.15) is 32.4 Å². The summed E-state index contributed by atoms with van der Waals surface area (Å²) in [4.78, 5) is 41.2. The van der Waals surface area contributed by atoms with E-state index in [4.69, 9.17) is 0 Å². The predicted octanol–water partition coefficient (Wildman–Crippen LogP) is 3.35. The lowest BCUT2D eigenvalue weighted by molar-refractivity contribution is -0.403. The van der Waals surface area contributed by atoms with Gasteiger partial charge in [0.05, 0.1) is 12.2 Å². The minimum Gasteiger partial charge on any atom is -0.432 e. The van der Waals surface area contributed by atoms with Crippen molar-refractivity contribution in [2.45, 2.75) is 57.9 Å². The van der Waals surface area contributed by atoms with Crippen molar-refractivity contribution in [1.82, 2.24) is 19.4 Å². The van der Waals surface area contributed by atoms with Crippen LogP contribution in [0, 0.1) is 20.2 Å². The molecule has 0 saturated carbocycles. The first-order valence-electron chi connectivity index (χ1n) is 10.1. The highest BCUT2D eigenvalue weighted by atomic mass is 28.4. The van der Waals surface area contributed by atoms with Gasteiger partial charge in [-0.25, -0.2) is 4.57 Å². The highest BCUT2D eigenvalue weighted by Gasteiger charge is 2.37. The van der Waals surface area contributed by atoms with E-state index in [1.54, 1.807) is 6.20 Å². The number of aromatic nitrogens is 3. The van der Waals surface area contributed by atoms with Crippen molar-refractivity contribution in [1.29, 1.82) is 0 Å². The maximum absolute atomic E-state index is 11.2. The number of rotatable bonds is 12. The fourth-order valence-electron chi connectivity index (χ4n) is 3.08. The molecule has 0 radical (unpaired) electrons. The average Bonchev–Trinajstić information content (AvgIpc) is 3.11. The highest BCUT2D eigenvalue weighted by molar-refractivity contribution is 6.72. The summed E-state index contributed by atoms with van der Waals surface area (Å²) in [6.07, 6.45) is 4.49. The van der Waals surface area contributed by atoms with Gasteiger partial charge in [-0.2, -0.15) is 0 Å². The molecule has 2 heterocycles. The lowest BCUT2D eigenvalue weighted by atomic mass is 10.1. The average molecular weight is 451 g/mol. The molecule has 2 rings (SSSR count). The molecule has 11 nitrogen and oxygen atoms in total. The maximum atomic E-state index is 11.2. The van der Waals surface area contributed by atoms with Gasteiger partial charge in [0.25, 0.3) is 0 Å². The van der Waals surface area contributed by atoms with E-state index in [-0.39, 0.29) is 11.6 Å².